The molecule has 0 heterocycles. The summed E-state index contributed by atoms with van der Waals surface area (Å²) in [7, 11) is 0. The zero-order valence-electron chi connectivity index (χ0n) is 12.2. The first-order valence-electron chi connectivity index (χ1n) is 6.82. The number of rotatable bonds is 3. The van der Waals surface area contributed by atoms with Crippen molar-refractivity contribution in [2.45, 2.75) is 32.2 Å². The molecular weight excluding hydrogens is 244 g/mol. The quantitative estimate of drug-likeness (QED) is 0.875. The van der Waals surface area contributed by atoms with Gasteiger partial charge in [-0.15, -0.1) is 0 Å². The van der Waals surface area contributed by atoms with Gasteiger partial charge >= 0.3 is 0 Å². The molecule has 0 aliphatic rings. The maximum Gasteiger partial charge on any atom is 0.140 e. The standard InChI is InChI=1S/C18H20N2/c1-18(2,3)15-11-9-14(10-12-15)17(13-19)20-16-7-5-4-6-8-16/h4-12,17,20H,1-3H3. The van der Waals surface area contributed by atoms with E-state index in [1.807, 2.05) is 42.5 Å². The van der Waals surface area contributed by atoms with Gasteiger partial charge in [-0.25, -0.2) is 0 Å². The summed E-state index contributed by atoms with van der Waals surface area (Å²) in [5, 5.41) is 12.6. The van der Waals surface area contributed by atoms with Gasteiger partial charge in [-0.05, 0) is 28.7 Å². The number of nitrogens with one attached hydrogen (secondary N) is 1. The van der Waals surface area contributed by atoms with Crippen molar-refractivity contribution in [3.8, 4) is 6.07 Å². The third kappa shape index (κ3) is 3.39. The molecule has 1 N–H and O–H groups in total. The summed E-state index contributed by atoms with van der Waals surface area (Å²) in [5.41, 5.74) is 3.36. The lowest BCUT2D eigenvalue weighted by atomic mass is 9.86. The van der Waals surface area contributed by atoms with E-state index in [-0.39, 0.29) is 11.5 Å². The maximum absolute atomic E-state index is 9.36. The lowest BCUT2D eigenvalue weighted by Crippen LogP contribution is -2.12. The lowest BCUT2D eigenvalue weighted by Gasteiger charge is -2.20. The van der Waals surface area contributed by atoms with Crippen molar-refractivity contribution >= 4 is 5.69 Å². The predicted molar refractivity (Wildman–Crippen MR) is 83.6 cm³/mol. The molecule has 0 aliphatic heterocycles. The molecule has 0 amide bonds. The molecule has 0 spiro atoms. The average molecular weight is 264 g/mol. The lowest BCUT2D eigenvalue weighted by molar-refractivity contribution is 0.590. The molecule has 2 heteroatoms. The van der Waals surface area contributed by atoms with Crippen LogP contribution in [0.5, 0.6) is 0 Å². The van der Waals surface area contributed by atoms with Crippen molar-refractivity contribution in [1.29, 1.82) is 5.26 Å². The van der Waals surface area contributed by atoms with Gasteiger partial charge < -0.3 is 5.32 Å². The van der Waals surface area contributed by atoms with Gasteiger partial charge in [-0.1, -0.05) is 63.2 Å². The highest BCUT2D eigenvalue weighted by Crippen LogP contribution is 2.25. The van der Waals surface area contributed by atoms with E-state index in [0.717, 1.165) is 11.3 Å². The molecule has 0 fully saturated rings. The van der Waals surface area contributed by atoms with Crippen LogP contribution in [0.4, 0.5) is 5.69 Å². The van der Waals surface area contributed by atoms with Gasteiger partial charge in [0.05, 0.1) is 6.07 Å². The Morgan fingerprint density at radius 3 is 2.05 bits per heavy atom. The average Bonchev–Trinajstić information content (AvgIpc) is 2.45. The molecule has 0 radical (unpaired) electrons. The summed E-state index contributed by atoms with van der Waals surface area (Å²) >= 11 is 0. The number of nitriles is 1. The summed E-state index contributed by atoms with van der Waals surface area (Å²) in [6.45, 7) is 6.56. The molecule has 2 aromatic rings. The van der Waals surface area contributed by atoms with Crippen LogP contribution in [0.3, 0.4) is 0 Å². The summed E-state index contributed by atoms with van der Waals surface area (Å²) in [6.07, 6.45) is 0. The van der Waals surface area contributed by atoms with Crippen LogP contribution in [0.15, 0.2) is 54.6 Å². The molecule has 1 unspecified atom stereocenters. The first-order chi connectivity index (χ1) is 9.50. The van der Waals surface area contributed by atoms with Crippen LogP contribution in [-0.2, 0) is 5.41 Å². The zero-order valence-corrected chi connectivity index (χ0v) is 12.2. The first-order valence-corrected chi connectivity index (χ1v) is 6.82. The van der Waals surface area contributed by atoms with E-state index in [1.54, 1.807) is 0 Å². The van der Waals surface area contributed by atoms with Crippen LogP contribution >= 0.6 is 0 Å². The van der Waals surface area contributed by atoms with Crippen molar-refractivity contribution in [3.05, 3.63) is 65.7 Å². The van der Waals surface area contributed by atoms with Gasteiger partial charge in [0, 0.05) is 5.69 Å². The van der Waals surface area contributed by atoms with E-state index in [4.69, 9.17) is 0 Å². The normalized spacial score (nSPS) is 12.5. The fraction of sp³-hybridized carbons (Fsp3) is 0.278. The number of hydrogen-bond donors (Lipinski definition) is 1. The monoisotopic (exact) mass is 264 g/mol. The summed E-state index contributed by atoms with van der Waals surface area (Å²) in [5.74, 6) is 0. The van der Waals surface area contributed by atoms with Gasteiger partial charge in [-0.2, -0.15) is 5.26 Å². The van der Waals surface area contributed by atoms with Gasteiger partial charge in [0.1, 0.15) is 6.04 Å². The maximum atomic E-state index is 9.36. The minimum atomic E-state index is -0.327. The molecule has 0 aromatic heterocycles. The van der Waals surface area contributed by atoms with E-state index in [9.17, 15) is 5.26 Å². The Hall–Kier alpha value is -2.27. The van der Waals surface area contributed by atoms with Crippen molar-refractivity contribution in [1.82, 2.24) is 0 Å². The third-order valence-corrected chi connectivity index (χ3v) is 3.32. The number of benzene rings is 2. The predicted octanol–water partition coefficient (Wildman–Crippen LogP) is 4.66. The topological polar surface area (TPSA) is 35.8 Å². The Balaban J connectivity index is 2.19. The van der Waals surface area contributed by atoms with Gasteiger partial charge in [-0.3, -0.25) is 0 Å². The first kappa shape index (κ1) is 14.1. The SMILES string of the molecule is CC(C)(C)c1ccc(C(C#N)Nc2ccccc2)cc1. The fourth-order valence-corrected chi connectivity index (χ4v) is 2.07. The van der Waals surface area contributed by atoms with Gasteiger partial charge in [0.2, 0.25) is 0 Å². The van der Waals surface area contributed by atoms with Crippen molar-refractivity contribution in [2.24, 2.45) is 0 Å². The third-order valence-electron chi connectivity index (χ3n) is 3.32. The Morgan fingerprint density at radius 2 is 1.55 bits per heavy atom. The highest BCUT2D eigenvalue weighted by molar-refractivity contribution is 5.47. The Bertz CT molecular complexity index is 586. The zero-order chi connectivity index (χ0) is 14.6. The molecule has 2 nitrogen and oxygen atoms in total. The van der Waals surface area contributed by atoms with E-state index >= 15 is 0 Å². The molecule has 0 saturated heterocycles. The van der Waals surface area contributed by atoms with E-state index in [1.165, 1.54) is 5.56 Å². The highest BCUT2D eigenvalue weighted by Gasteiger charge is 2.15. The second-order valence-electron chi connectivity index (χ2n) is 5.94. The molecule has 102 valence electrons. The molecule has 0 aliphatic carbocycles. The Labute approximate surface area is 121 Å². The number of nitrogens with zero attached hydrogens (tertiary/aromatic N) is 1. The van der Waals surface area contributed by atoms with Crippen molar-refractivity contribution < 1.29 is 0 Å². The summed E-state index contributed by atoms with van der Waals surface area (Å²) < 4.78 is 0. The molecule has 1 atom stereocenters. The molecule has 2 aromatic carbocycles. The van der Waals surface area contributed by atoms with Crippen LogP contribution in [0.1, 0.15) is 37.9 Å². The molecule has 2 rings (SSSR count). The van der Waals surface area contributed by atoms with Gasteiger partial charge in [0.25, 0.3) is 0 Å². The van der Waals surface area contributed by atoms with E-state index < -0.39 is 0 Å². The molecule has 0 bridgehead atoms. The van der Waals surface area contributed by atoms with Crippen LogP contribution in [0, 0.1) is 11.3 Å². The molecular formula is C18H20N2. The van der Waals surface area contributed by atoms with Crippen LogP contribution < -0.4 is 5.32 Å². The Morgan fingerprint density at radius 1 is 0.950 bits per heavy atom. The second kappa shape index (κ2) is 5.79. The van der Waals surface area contributed by atoms with E-state index in [2.05, 4.69) is 44.3 Å². The van der Waals surface area contributed by atoms with Crippen LogP contribution in [-0.4, -0.2) is 0 Å². The second-order valence-corrected chi connectivity index (χ2v) is 5.94. The minimum Gasteiger partial charge on any atom is -0.366 e. The number of para-hydroxylation sites is 1. The number of anilines is 1. The fourth-order valence-electron chi connectivity index (χ4n) is 2.07. The largest absolute Gasteiger partial charge is 0.366 e. The highest BCUT2D eigenvalue weighted by atomic mass is 14.9. The smallest absolute Gasteiger partial charge is 0.140 e. The van der Waals surface area contributed by atoms with Gasteiger partial charge in [0.15, 0.2) is 0 Å². The van der Waals surface area contributed by atoms with Crippen LogP contribution in [0.25, 0.3) is 0 Å². The summed E-state index contributed by atoms with van der Waals surface area (Å²) in [4.78, 5) is 0. The number of hydrogen-bond acceptors (Lipinski definition) is 2. The minimum absolute atomic E-state index is 0.132. The van der Waals surface area contributed by atoms with Crippen molar-refractivity contribution in [3.63, 3.8) is 0 Å². The molecule has 0 saturated carbocycles. The van der Waals surface area contributed by atoms with E-state index in [0.29, 0.717) is 0 Å². The van der Waals surface area contributed by atoms with Crippen LogP contribution in [0.2, 0.25) is 0 Å². The summed E-state index contributed by atoms with van der Waals surface area (Å²) in [6, 6.07) is 20.1. The molecule has 20 heavy (non-hydrogen) atoms. The van der Waals surface area contributed by atoms with Crippen molar-refractivity contribution in [2.75, 3.05) is 5.32 Å². The Kier molecular flexibility index (Phi) is 4.10.